The van der Waals surface area contributed by atoms with Gasteiger partial charge in [0, 0.05) is 11.6 Å². The molecule has 6 nitrogen and oxygen atoms in total. The second-order valence-electron chi connectivity index (χ2n) is 6.10. The van der Waals surface area contributed by atoms with Crippen molar-refractivity contribution in [2.45, 2.75) is 18.6 Å². The SMILES string of the molecule is Cc1ccc(-n2cnnc2SCC(=O)N(CC#N)Cc2ccccc2)cc1Cl. The first kappa shape index (κ1) is 19.9. The van der Waals surface area contributed by atoms with Crippen LogP contribution >= 0.6 is 23.4 Å². The summed E-state index contributed by atoms with van der Waals surface area (Å²) in [6.07, 6.45) is 1.59. The van der Waals surface area contributed by atoms with Crippen molar-refractivity contribution in [2.24, 2.45) is 0 Å². The summed E-state index contributed by atoms with van der Waals surface area (Å²) in [5.41, 5.74) is 2.79. The van der Waals surface area contributed by atoms with Crippen LogP contribution in [0.4, 0.5) is 0 Å². The van der Waals surface area contributed by atoms with Crippen LogP contribution < -0.4 is 0 Å². The molecule has 0 fully saturated rings. The highest BCUT2D eigenvalue weighted by atomic mass is 35.5. The van der Waals surface area contributed by atoms with E-state index in [4.69, 9.17) is 16.9 Å². The van der Waals surface area contributed by atoms with Gasteiger partial charge in [-0.3, -0.25) is 9.36 Å². The smallest absolute Gasteiger partial charge is 0.234 e. The van der Waals surface area contributed by atoms with Crippen LogP contribution in [-0.4, -0.2) is 37.9 Å². The molecule has 8 heteroatoms. The third-order valence-electron chi connectivity index (χ3n) is 4.11. The summed E-state index contributed by atoms with van der Waals surface area (Å²) < 4.78 is 1.79. The molecule has 0 aliphatic rings. The largest absolute Gasteiger partial charge is 0.324 e. The molecule has 0 N–H and O–H groups in total. The lowest BCUT2D eigenvalue weighted by Gasteiger charge is -2.19. The maximum Gasteiger partial charge on any atom is 0.234 e. The maximum atomic E-state index is 12.7. The van der Waals surface area contributed by atoms with Crippen molar-refractivity contribution in [3.8, 4) is 11.8 Å². The highest BCUT2D eigenvalue weighted by Gasteiger charge is 2.16. The zero-order chi connectivity index (χ0) is 19.9. The summed E-state index contributed by atoms with van der Waals surface area (Å²) in [6, 6.07) is 17.3. The normalized spacial score (nSPS) is 10.5. The van der Waals surface area contributed by atoms with E-state index < -0.39 is 0 Å². The molecule has 0 aliphatic heterocycles. The van der Waals surface area contributed by atoms with Gasteiger partial charge < -0.3 is 4.90 Å². The molecule has 0 saturated heterocycles. The Morgan fingerprint density at radius 2 is 2.07 bits per heavy atom. The molecule has 3 aromatic rings. The van der Waals surface area contributed by atoms with Crippen molar-refractivity contribution >= 4 is 29.3 Å². The van der Waals surface area contributed by atoms with E-state index in [-0.39, 0.29) is 18.2 Å². The molecule has 1 heterocycles. The number of carbonyl (C=O) groups excluding carboxylic acids is 1. The number of hydrogen-bond acceptors (Lipinski definition) is 5. The molecule has 3 rings (SSSR count). The Hall–Kier alpha value is -2.82. The van der Waals surface area contributed by atoms with Gasteiger partial charge in [-0.05, 0) is 30.2 Å². The number of nitrogens with zero attached hydrogens (tertiary/aromatic N) is 5. The van der Waals surface area contributed by atoms with Crippen molar-refractivity contribution < 1.29 is 4.79 Å². The quantitative estimate of drug-likeness (QED) is 0.435. The molecule has 0 spiro atoms. The molecule has 0 bridgehead atoms. The number of aromatic nitrogens is 3. The van der Waals surface area contributed by atoms with Crippen LogP contribution in [-0.2, 0) is 11.3 Å². The Kier molecular flexibility index (Phi) is 6.69. The van der Waals surface area contributed by atoms with Crippen molar-refractivity contribution in [3.63, 3.8) is 0 Å². The number of benzene rings is 2. The van der Waals surface area contributed by atoms with Gasteiger partial charge in [0.25, 0.3) is 0 Å². The highest BCUT2D eigenvalue weighted by molar-refractivity contribution is 7.99. The minimum Gasteiger partial charge on any atom is -0.324 e. The number of aryl methyl sites for hydroxylation is 1. The summed E-state index contributed by atoms with van der Waals surface area (Å²) in [5, 5.41) is 18.4. The third-order valence-corrected chi connectivity index (χ3v) is 5.44. The first-order valence-corrected chi connectivity index (χ1v) is 9.93. The van der Waals surface area contributed by atoms with E-state index in [1.165, 1.54) is 16.7 Å². The number of amides is 1. The average molecular weight is 412 g/mol. The molecular formula is C20H18ClN5OS. The van der Waals surface area contributed by atoms with Gasteiger partial charge >= 0.3 is 0 Å². The topological polar surface area (TPSA) is 74.8 Å². The summed E-state index contributed by atoms with van der Waals surface area (Å²) in [7, 11) is 0. The van der Waals surface area contributed by atoms with Gasteiger partial charge in [-0.25, -0.2) is 0 Å². The molecule has 28 heavy (non-hydrogen) atoms. The van der Waals surface area contributed by atoms with Crippen molar-refractivity contribution in [1.82, 2.24) is 19.7 Å². The van der Waals surface area contributed by atoms with Crippen molar-refractivity contribution in [2.75, 3.05) is 12.3 Å². The molecule has 1 aromatic heterocycles. The number of hydrogen-bond donors (Lipinski definition) is 0. The summed E-state index contributed by atoms with van der Waals surface area (Å²) in [4.78, 5) is 14.2. The highest BCUT2D eigenvalue weighted by Crippen LogP contribution is 2.24. The first-order chi connectivity index (χ1) is 13.6. The Labute approximate surface area is 172 Å². The first-order valence-electron chi connectivity index (χ1n) is 8.56. The summed E-state index contributed by atoms with van der Waals surface area (Å²) in [5.74, 6) is 0.0270. The predicted molar refractivity (Wildman–Crippen MR) is 109 cm³/mol. The number of thioether (sulfide) groups is 1. The van der Waals surface area contributed by atoms with Gasteiger partial charge in [-0.2, -0.15) is 5.26 Å². The van der Waals surface area contributed by atoms with Gasteiger partial charge in [0.05, 0.1) is 17.5 Å². The number of nitriles is 1. The van der Waals surface area contributed by atoms with Crippen molar-refractivity contribution in [3.05, 3.63) is 71.0 Å². The molecule has 0 unspecified atom stereocenters. The van der Waals surface area contributed by atoms with E-state index in [2.05, 4.69) is 16.3 Å². The molecule has 142 valence electrons. The number of carbonyl (C=O) groups is 1. The van der Waals surface area contributed by atoms with Crippen LogP contribution in [0.1, 0.15) is 11.1 Å². The fourth-order valence-electron chi connectivity index (χ4n) is 2.57. The molecule has 0 aliphatic carbocycles. The lowest BCUT2D eigenvalue weighted by Crippen LogP contribution is -2.32. The van der Waals surface area contributed by atoms with Gasteiger partial charge in [0.2, 0.25) is 5.91 Å². The zero-order valence-electron chi connectivity index (χ0n) is 15.2. The van der Waals surface area contributed by atoms with Crippen LogP contribution in [0.25, 0.3) is 5.69 Å². The van der Waals surface area contributed by atoms with Crippen LogP contribution in [0.5, 0.6) is 0 Å². The Morgan fingerprint density at radius 3 is 2.79 bits per heavy atom. The van der Waals surface area contributed by atoms with Gasteiger partial charge in [0.15, 0.2) is 5.16 Å². The molecule has 0 saturated carbocycles. The lowest BCUT2D eigenvalue weighted by atomic mass is 10.2. The fraction of sp³-hybridized carbons (Fsp3) is 0.200. The number of halogens is 1. The third kappa shape index (κ3) is 4.91. The average Bonchev–Trinajstić information content (AvgIpc) is 3.17. The Balaban J connectivity index is 1.69. The van der Waals surface area contributed by atoms with Crippen LogP contribution in [0.2, 0.25) is 5.02 Å². The van der Waals surface area contributed by atoms with Crippen LogP contribution in [0.3, 0.4) is 0 Å². The predicted octanol–water partition coefficient (Wildman–Crippen LogP) is 3.87. The van der Waals surface area contributed by atoms with E-state index in [1.54, 1.807) is 10.9 Å². The van der Waals surface area contributed by atoms with E-state index >= 15 is 0 Å². The van der Waals surface area contributed by atoms with Gasteiger partial charge in [-0.1, -0.05) is 59.8 Å². The van der Waals surface area contributed by atoms with E-state index in [0.717, 1.165) is 16.8 Å². The van der Waals surface area contributed by atoms with E-state index in [9.17, 15) is 4.79 Å². The fourth-order valence-corrected chi connectivity index (χ4v) is 3.58. The Morgan fingerprint density at radius 1 is 1.29 bits per heavy atom. The second kappa shape index (κ2) is 9.40. The van der Waals surface area contributed by atoms with Crippen molar-refractivity contribution in [1.29, 1.82) is 5.26 Å². The second-order valence-corrected chi connectivity index (χ2v) is 7.45. The van der Waals surface area contributed by atoms with Crippen LogP contribution in [0, 0.1) is 18.3 Å². The summed E-state index contributed by atoms with van der Waals surface area (Å²) >= 11 is 7.49. The Bertz CT molecular complexity index is 999. The zero-order valence-corrected chi connectivity index (χ0v) is 16.8. The van der Waals surface area contributed by atoms with Gasteiger partial charge in [0.1, 0.15) is 12.9 Å². The van der Waals surface area contributed by atoms with Gasteiger partial charge in [-0.15, -0.1) is 10.2 Å². The van der Waals surface area contributed by atoms with E-state index in [0.29, 0.717) is 16.7 Å². The summed E-state index contributed by atoms with van der Waals surface area (Å²) in [6.45, 7) is 2.37. The monoisotopic (exact) mass is 411 g/mol. The standard InChI is InChI=1S/C20H18ClN5OS/c1-15-7-8-17(11-18(15)21)26-14-23-24-20(26)28-13-19(27)25(10-9-22)12-16-5-3-2-4-6-16/h2-8,11,14H,10,12-13H2,1H3. The minimum atomic E-state index is -0.133. The minimum absolute atomic E-state index is 0.0363. The van der Waals surface area contributed by atoms with E-state index in [1.807, 2.05) is 55.5 Å². The molecule has 0 atom stereocenters. The molecule has 1 amide bonds. The maximum absolute atomic E-state index is 12.7. The number of rotatable bonds is 7. The van der Waals surface area contributed by atoms with Crippen LogP contribution in [0.15, 0.2) is 60.0 Å². The molecule has 2 aromatic carbocycles. The molecular weight excluding hydrogens is 394 g/mol. The molecule has 0 radical (unpaired) electrons. The lowest BCUT2D eigenvalue weighted by molar-refractivity contribution is -0.128.